The molecule has 30 heavy (non-hydrogen) atoms. The second kappa shape index (κ2) is 10.3. The fourth-order valence-electron chi connectivity index (χ4n) is 3.66. The van der Waals surface area contributed by atoms with Crippen LogP contribution in [0.25, 0.3) is 0 Å². The number of morpholine rings is 1. The summed E-state index contributed by atoms with van der Waals surface area (Å²) in [7, 11) is 0. The second-order valence-electron chi connectivity index (χ2n) is 7.88. The highest BCUT2D eigenvalue weighted by molar-refractivity contribution is 5.92. The Morgan fingerprint density at radius 3 is 2.40 bits per heavy atom. The van der Waals surface area contributed by atoms with Crippen molar-refractivity contribution >= 4 is 11.8 Å². The zero-order valence-corrected chi connectivity index (χ0v) is 18.0. The highest BCUT2D eigenvalue weighted by atomic mass is 16.5. The summed E-state index contributed by atoms with van der Waals surface area (Å²) in [6.07, 6.45) is 4.13. The molecule has 1 aliphatic rings. The van der Waals surface area contributed by atoms with Gasteiger partial charge in [-0.05, 0) is 32.8 Å². The molecule has 0 aliphatic carbocycles. The zero-order chi connectivity index (χ0) is 21.5. The molecule has 0 radical (unpaired) electrons. The molecule has 0 unspecified atom stereocenters. The van der Waals surface area contributed by atoms with Crippen molar-refractivity contribution in [3.8, 4) is 0 Å². The minimum Gasteiger partial charge on any atom is -0.372 e. The van der Waals surface area contributed by atoms with Gasteiger partial charge in [0.2, 0.25) is 5.91 Å². The number of carbonyl (C=O) groups excluding carboxylic acids is 2. The van der Waals surface area contributed by atoms with E-state index in [9.17, 15) is 9.59 Å². The van der Waals surface area contributed by atoms with Crippen molar-refractivity contribution in [2.75, 3.05) is 26.2 Å². The van der Waals surface area contributed by atoms with E-state index in [0.717, 1.165) is 11.3 Å². The van der Waals surface area contributed by atoms with Gasteiger partial charge in [0.15, 0.2) is 0 Å². The number of aromatic nitrogens is 2. The number of hydrogen-bond donors (Lipinski definition) is 0. The molecule has 1 fully saturated rings. The molecule has 0 saturated carbocycles. The third-order valence-electron chi connectivity index (χ3n) is 5.17. The molecule has 3 rings (SSSR count). The SMILES string of the molecule is Cc1cnc(C(=O)N(CCC(=O)N2C[C@@H](C)O[C@H](C)C2)CCc2ccccc2)cn1. The largest absolute Gasteiger partial charge is 0.372 e. The third kappa shape index (κ3) is 6.10. The van der Waals surface area contributed by atoms with E-state index in [1.54, 1.807) is 11.1 Å². The number of aryl methyl sites for hydroxylation is 1. The molecular weight excluding hydrogens is 380 g/mol. The number of rotatable bonds is 7. The summed E-state index contributed by atoms with van der Waals surface area (Å²) in [6.45, 7) is 7.82. The van der Waals surface area contributed by atoms with Crippen molar-refractivity contribution in [3.63, 3.8) is 0 Å². The van der Waals surface area contributed by atoms with E-state index in [1.807, 2.05) is 56.0 Å². The Kier molecular flexibility index (Phi) is 7.52. The predicted octanol–water partition coefficient (Wildman–Crippen LogP) is 2.50. The lowest BCUT2D eigenvalue weighted by molar-refractivity contribution is -0.143. The maximum Gasteiger partial charge on any atom is 0.274 e. The molecular formula is C23H30N4O3. The Bertz CT molecular complexity index is 831. The molecule has 0 bridgehead atoms. The van der Waals surface area contributed by atoms with Crippen LogP contribution in [0.3, 0.4) is 0 Å². The van der Waals surface area contributed by atoms with Crippen molar-refractivity contribution in [1.29, 1.82) is 0 Å². The Balaban J connectivity index is 1.66. The van der Waals surface area contributed by atoms with E-state index in [4.69, 9.17) is 4.74 Å². The topological polar surface area (TPSA) is 75.6 Å². The Morgan fingerprint density at radius 1 is 1.07 bits per heavy atom. The minimum absolute atomic E-state index is 0.0244. The van der Waals surface area contributed by atoms with Crippen LogP contribution < -0.4 is 0 Å². The molecule has 1 aromatic heterocycles. The number of carbonyl (C=O) groups is 2. The van der Waals surface area contributed by atoms with E-state index >= 15 is 0 Å². The van der Waals surface area contributed by atoms with Gasteiger partial charge < -0.3 is 14.5 Å². The standard InChI is InChI=1S/C23H30N4O3/c1-17-13-25-21(14-24-17)23(29)26(11-9-20-7-5-4-6-8-20)12-10-22(28)27-15-18(2)30-19(3)16-27/h4-8,13-14,18-19H,9-12,15-16H2,1-3H3/t18-,19-/m1/s1. The molecule has 7 heteroatoms. The highest BCUT2D eigenvalue weighted by Gasteiger charge is 2.26. The van der Waals surface area contributed by atoms with Crippen molar-refractivity contribution in [2.45, 2.75) is 45.8 Å². The quantitative estimate of drug-likeness (QED) is 0.701. The average molecular weight is 411 g/mol. The van der Waals surface area contributed by atoms with Gasteiger partial charge in [0.05, 0.1) is 24.1 Å². The van der Waals surface area contributed by atoms with E-state index < -0.39 is 0 Å². The first-order valence-corrected chi connectivity index (χ1v) is 10.5. The summed E-state index contributed by atoms with van der Waals surface area (Å²) in [4.78, 5) is 37.8. The van der Waals surface area contributed by atoms with Crippen LogP contribution in [-0.2, 0) is 16.0 Å². The summed E-state index contributed by atoms with van der Waals surface area (Å²) in [5, 5.41) is 0. The smallest absolute Gasteiger partial charge is 0.274 e. The molecule has 2 amide bonds. The maximum atomic E-state index is 13.0. The molecule has 2 aromatic rings. The Morgan fingerprint density at radius 2 is 1.77 bits per heavy atom. The van der Waals surface area contributed by atoms with Crippen molar-refractivity contribution < 1.29 is 14.3 Å². The molecule has 2 heterocycles. The first-order valence-electron chi connectivity index (χ1n) is 10.5. The molecule has 1 aliphatic heterocycles. The van der Waals surface area contributed by atoms with Crippen LogP contribution in [0.1, 0.15) is 42.0 Å². The van der Waals surface area contributed by atoms with Gasteiger partial charge in [-0.2, -0.15) is 0 Å². The Labute approximate surface area is 178 Å². The summed E-state index contributed by atoms with van der Waals surface area (Å²) in [5.41, 5.74) is 2.20. The van der Waals surface area contributed by atoms with Crippen LogP contribution in [0.15, 0.2) is 42.7 Å². The molecule has 0 spiro atoms. The highest BCUT2D eigenvalue weighted by Crippen LogP contribution is 2.13. The number of benzene rings is 1. The van der Waals surface area contributed by atoms with Crippen LogP contribution in [0.5, 0.6) is 0 Å². The first kappa shape index (κ1) is 21.9. The van der Waals surface area contributed by atoms with Crippen LogP contribution in [0.4, 0.5) is 0 Å². The average Bonchev–Trinajstić information content (AvgIpc) is 2.73. The Hall–Kier alpha value is -2.80. The molecule has 1 aromatic carbocycles. The third-order valence-corrected chi connectivity index (χ3v) is 5.17. The van der Waals surface area contributed by atoms with Crippen molar-refractivity contribution in [1.82, 2.24) is 19.8 Å². The van der Waals surface area contributed by atoms with Crippen LogP contribution in [-0.4, -0.2) is 70.0 Å². The number of nitrogens with zero attached hydrogens (tertiary/aromatic N) is 4. The van der Waals surface area contributed by atoms with E-state index in [2.05, 4.69) is 9.97 Å². The fourth-order valence-corrected chi connectivity index (χ4v) is 3.66. The van der Waals surface area contributed by atoms with Crippen LogP contribution in [0.2, 0.25) is 0 Å². The lowest BCUT2D eigenvalue weighted by atomic mass is 10.1. The molecule has 7 nitrogen and oxygen atoms in total. The van der Waals surface area contributed by atoms with Gasteiger partial charge in [0.25, 0.3) is 5.91 Å². The fraction of sp³-hybridized carbons (Fsp3) is 0.478. The first-order chi connectivity index (χ1) is 14.4. The summed E-state index contributed by atoms with van der Waals surface area (Å²) >= 11 is 0. The van der Waals surface area contributed by atoms with Gasteiger partial charge >= 0.3 is 0 Å². The number of hydrogen-bond acceptors (Lipinski definition) is 5. The maximum absolute atomic E-state index is 13.0. The predicted molar refractivity (Wildman–Crippen MR) is 114 cm³/mol. The van der Waals surface area contributed by atoms with E-state index in [1.165, 1.54) is 6.20 Å². The second-order valence-corrected chi connectivity index (χ2v) is 7.88. The van der Waals surface area contributed by atoms with Crippen LogP contribution in [0, 0.1) is 6.92 Å². The lowest BCUT2D eigenvalue weighted by Gasteiger charge is -2.35. The zero-order valence-electron chi connectivity index (χ0n) is 18.0. The number of amides is 2. The van der Waals surface area contributed by atoms with Gasteiger partial charge in [-0.1, -0.05) is 30.3 Å². The normalized spacial score (nSPS) is 18.8. The lowest BCUT2D eigenvalue weighted by Crippen LogP contribution is -2.49. The summed E-state index contributed by atoms with van der Waals surface area (Å²) in [6, 6.07) is 10.0. The van der Waals surface area contributed by atoms with Gasteiger partial charge in [0.1, 0.15) is 5.69 Å². The van der Waals surface area contributed by atoms with Gasteiger partial charge in [0, 0.05) is 38.8 Å². The minimum atomic E-state index is -0.199. The number of ether oxygens (including phenoxy) is 1. The monoisotopic (exact) mass is 410 g/mol. The van der Waals surface area contributed by atoms with E-state index in [-0.39, 0.29) is 30.4 Å². The summed E-state index contributed by atoms with van der Waals surface area (Å²) in [5.74, 6) is -0.153. The summed E-state index contributed by atoms with van der Waals surface area (Å²) < 4.78 is 5.71. The van der Waals surface area contributed by atoms with Gasteiger partial charge in [-0.25, -0.2) is 4.98 Å². The molecule has 160 valence electrons. The van der Waals surface area contributed by atoms with Gasteiger partial charge in [-0.15, -0.1) is 0 Å². The van der Waals surface area contributed by atoms with E-state index in [0.29, 0.717) is 38.3 Å². The molecule has 1 saturated heterocycles. The molecule has 0 N–H and O–H groups in total. The van der Waals surface area contributed by atoms with Gasteiger partial charge in [-0.3, -0.25) is 14.6 Å². The molecule has 2 atom stereocenters. The van der Waals surface area contributed by atoms with Crippen molar-refractivity contribution in [3.05, 3.63) is 59.7 Å². The van der Waals surface area contributed by atoms with Crippen LogP contribution >= 0.6 is 0 Å². The van der Waals surface area contributed by atoms with Crippen molar-refractivity contribution in [2.24, 2.45) is 0 Å².